The second-order valence-electron chi connectivity index (χ2n) is 1.23. The van der Waals surface area contributed by atoms with Gasteiger partial charge in [0.05, 0.1) is 5.49 Å². The molecule has 3 nitrogen and oxygen atoms in total. The minimum Gasteiger partial charge on any atom is -0.359 e. The minimum absolute atomic E-state index is 0.153. The zero-order chi connectivity index (χ0) is 7.11. The van der Waals surface area contributed by atoms with Crippen LogP contribution in [0.25, 0.3) is 0 Å². The molecule has 0 saturated carbocycles. The highest BCUT2D eigenvalue weighted by atomic mass is 32.1. The van der Waals surface area contributed by atoms with Gasteiger partial charge >= 0.3 is 0 Å². The predicted octanol–water partition coefficient (Wildman–Crippen LogP) is -0.207. The van der Waals surface area contributed by atoms with Crippen molar-refractivity contribution in [2.24, 2.45) is 0 Å². The summed E-state index contributed by atoms with van der Waals surface area (Å²) in [5.41, 5.74) is 1.32. The number of hydrogen-bond acceptors (Lipinski definition) is 2. The van der Waals surface area contributed by atoms with E-state index in [1.807, 2.05) is 0 Å². The Balaban J connectivity index is 3.43. The molecule has 0 saturated heterocycles. The fraction of sp³-hybridized carbons (Fsp3) is 0.200. The van der Waals surface area contributed by atoms with Crippen LogP contribution >= 0.6 is 12.2 Å². The molecular formula is C5H8N2OS. The molecule has 0 radical (unpaired) electrons. The molecule has 0 aromatic heterocycles. The van der Waals surface area contributed by atoms with E-state index in [0.29, 0.717) is 0 Å². The van der Waals surface area contributed by atoms with E-state index in [1.165, 1.54) is 17.8 Å². The van der Waals surface area contributed by atoms with Crippen molar-refractivity contribution in [1.29, 1.82) is 0 Å². The first-order valence-corrected chi connectivity index (χ1v) is 2.86. The molecule has 0 aromatic rings. The van der Waals surface area contributed by atoms with E-state index < -0.39 is 0 Å². The lowest BCUT2D eigenvalue weighted by Gasteiger charge is -1.87. The number of thiocarbonyl (C=S) groups is 1. The molecule has 50 valence electrons. The van der Waals surface area contributed by atoms with Gasteiger partial charge in [-0.05, 0) is 0 Å². The van der Waals surface area contributed by atoms with Gasteiger partial charge in [-0.25, -0.2) is 0 Å². The van der Waals surface area contributed by atoms with Gasteiger partial charge in [-0.15, -0.1) is 0 Å². The normalized spacial score (nSPS) is 9.00. The molecule has 9 heavy (non-hydrogen) atoms. The maximum absolute atomic E-state index is 10.4. The van der Waals surface area contributed by atoms with Crippen LogP contribution in [0.3, 0.4) is 0 Å². The molecule has 0 aliphatic heterocycles. The number of amides is 1. The highest BCUT2D eigenvalue weighted by Gasteiger charge is 1.83. The highest BCUT2D eigenvalue weighted by Crippen LogP contribution is 1.65. The second kappa shape index (κ2) is 5.24. The molecule has 0 bridgehead atoms. The largest absolute Gasteiger partial charge is 0.359 e. The van der Waals surface area contributed by atoms with E-state index in [4.69, 9.17) is 0 Å². The average molecular weight is 144 g/mol. The van der Waals surface area contributed by atoms with Gasteiger partial charge < -0.3 is 10.6 Å². The maximum Gasteiger partial charge on any atom is 0.245 e. The molecule has 0 atom stereocenters. The Labute approximate surface area is 59.1 Å². The van der Waals surface area contributed by atoms with Crippen molar-refractivity contribution in [3.8, 4) is 0 Å². The Bertz CT molecular complexity index is 133. The van der Waals surface area contributed by atoms with Crippen LogP contribution in [-0.4, -0.2) is 18.4 Å². The number of nitrogens with one attached hydrogen (secondary N) is 2. The summed E-state index contributed by atoms with van der Waals surface area (Å²) in [6.07, 6.45) is 2.81. The molecular weight excluding hydrogens is 136 g/mol. The molecule has 0 spiro atoms. The Morgan fingerprint density at radius 1 is 1.67 bits per heavy atom. The van der Waals surface area contributed by atoms with Crippen molar-refractivity contribution in [3.05, 3.63) is 12.3 Å². The fourth-order valence-electron chi connectivity index (χ4n) is 0.246. The number of carbonyl (C=O) groups excluding carboxylic acids is 1. The summed E-state index contributed by atoms with van der Waals surface area (Å²) in [6, 6.07) is 0. The van der Waals surface area contributed by atoms with Gasteiger partial charge in [-0.2, -0.15) is 0 Å². The van der Waals surface area contributed by atoms with Crippen LogP contribution in [0.2, 0.25) is 0 Å². The fourth-order valence-corrected chi connectivity index (χ4v) is 0.325. The van der Waals surface area contributed by atoms with Gasteiger partial charge in [0.2, 0.25) is 5.91 Å². The minimum atomic E-state index is -0.153. The molecule has 4 heteroatoms. The van der Waals surface area contributed by atoms with Crippen LogP contribution < -0.4 is 10.6 Å². The van der Waals surface area contributed by atoms with E-state index in [9.17, 15) is 4.79 Å². The number of rotatable bonds is 3. The first-order chi connectivity index (χ1) is 4.31. The summed E-state index contributed by atoms with van der Waals surface area (Å²) in [6.45, 7) is 0. The molecule has 0 aliphatic rings. The Morgan fingerprint density at radius 2 is 2.33 bits per heavy atom. The zero-order valence-corrected chi connectivity index (χ0v) is 5.87. The van der Waals surface area contributed by atoms with E-state index in [2.05, 4.69) is 22.9 Å². The van der Waals surface area contributed by atoms with Crippen LogP contribution in [0, 0.1) is 0 Å². The van der Waals surface area contributed by atoms with E-state index in [0.717, 1.165) is 0 Å². The molecule has 0 aromatic carbocycles. The van der Waals surface area contributed by atoms with Crippen LogP contribution in [-0.2, 0) is 4.79 Å². The monoisotopic (exact) mass is 144 g/mol. The Morgan fingerprint density at radius 3 is 2.78 bits per heavy atom. The molecule has 0 rings (SSSR count). The molecule has 2 N–H and O–H groups in total. The lowest BCUT2D eigenvalue weighted by molar-refractivity contribution is -0.116. The third kappa shape index (κ3) is 4.96. The highest BCUT2D eigenvalue weighted by molar-refractivity contribution is 7.78. The average Bonchev–Trinajstić information content (AvgIpc) is 1.89. The number of likely N-dealkylation sites (N-methyl/N-ethyl adjacent to an activating group) is 1. The Hall–Kier alpha value is -0.900. The van der Waals surface area contributed by atoms with Crippen LogP contribution in [0.1, 0.15) is 0 Å². The van der Waals surface area contributed by atoms with Gasteiger partial charge in [0.15, 0.2) is 0 Å². The smallest absolute Gasteiger partial charge is 0.245 e. The van der Waals surface area contributed by atoms with Gasteiger partial charge in [-0.1, -0.05) is 12.2 Å². The van der Waals surface area contributed by atoms with Crippen molar-refractivity contribution < 1.29 is 4.79 Å². The molecule has 0 fully saturated rings. The summed E-state index contributed by atoms with van der Waals surface area (Å²) in [5, 5.41) is 4.97. The maximum atomic E-state index is 10.4. The topological polar surface area (TPSA) is 41.1 Å². The lowest BCUT2D eigenvalue weighted by Crippen LogP contribution is -2.15. The zero-order valence-electron chi connectivity index (χ0n) is 5.05. The lowest BCUT2D eigenvalue weighted by atomic mass is 10.6. The SMILES string of the molecule is CNC(=O)/C=C\NC=S. The van der Waals surface area contributed by atoms with Crippen LogP contribution in [0.15, 0.2) is 12.3 Å². The first-order valence-electron chi connectivity index (χ1n) is 2.39. The van der Waals surface area contributed by atoms with Gasteiger partial charge in [-0.3, -0.25) is 4.79 Å². The molecule has 0 heterocycles. The van der Waals surface area contributed by atoms with E-state index in [-0.39, 0.29) is 5.91 Å². The molecule has 0 aliphatic carbocycles. The third-order valence-electron chi connectivity index (χ3n) is 0.645. The number of hydrogen-bond donors (Lipinski definition) is 2. The summed E-state index contributed by atoms with van der Waals surface area (Å²) in [7, 11) is 1.56. The van der Waals surface area contributed by atoms with Crippen molar-refractivity contribution >= 4 is 23.6 Å². The second-order valence-corrected chi connectivity index (χ2v) is 1.47. The molecule has 1 amide bonds. The first kappa shape index (κ1) is 8.10. The standard InChI is InChI=1S/C5H8N2OS/c1-6-5(8)2-3-7-4-9/h2-4H,1H3,(H,6,8)(H,7,9)/b3-2-. The van der Waals surface area contributed by atoms with Gasteiger partial charge in [0.1, 0.15) is 0 Å². The summed E-state index contributed by atoms with van der Waals surface area (Å²) in [5.74, 6) is -0.153. The van der Waals surface area contributed by atoms with Crippen molar-refractivity contribution in [3.63, 3.8) is 0 Å². The number of carbonyl (C=O) groups is 1. The summed E-state index contributed by atoms with van der Waals surface area (Å²) in [4.78, 5) is 10.4. The summed E-state index contributed by atoms with van der Waals surface area (Å²) < 4.78 is 0. The van der Waals surface area contributed by atoms with Gasteiger partial charge in [0.25, 0.3) is 0 Å². The van der Waals surface area contributed by atoms with Crippen molar-refractivity contribution in [2.45, 2.75) is 0 Å². The predicted molar refractivity (Wildman–Crippen MR) is 40.0 cm³/mol. The quantitative estimate of drug-likeness (QED) is 0.425. The van der Waals surface area contributed by atoms with Crippen molar-refractivity contribution in [2.75, 3.05) is 7.05 Å². The molecule has 0 unspecified atom stereocenters. The van der Waals surface area contributed by atoms with E-state index in [1.54, 1.807) is 7.05 Å². The third-order valence-corrected chi connectivity index (χ3v) is 0.781. The Kier molecular flexibility index (Phi) is 4.72. The van der Waals surface area contributed by atoms with E-state index >= 15 is 0 Å². The van der Waals surface area contributed by atoms with Gasteiger partial charge in [0, 0.05) is 19.3 Å². The summed E-state index contributed by atoms with van der Waals surface area (Å²) >= 11 is 4.42. The van der Waals surface area contributed by atoms with Crippen LogP contribution in [0.5, 0.6) is 0 Å². The van der Waals surface area contributed by atoms with Crippen LogP contribution in [0.4, 0.5) is 0 Å². The van der Waals surface area contributed by atoms with Crippen molar-refractivity contribution in [1.82, 2.24) is 10.6 Å².